The predicted octanol–water partition coefficient (Wildman–Crippen LogP) is 1.07. The molecule has 1 heterocycles. The Bertz CT molecular complexity index is 561. The van der Waals surface area contributed by atoms with Crippen molar-refractivity contribution in [2.45, 2.75) is 12.8 Å². The van der Waals surface area contributed by atoms with E-state index in [-0.39, 0.29) is 29.6 Å². The number of carboxylic acid groups (broad SMARTS) is 1. The minimum Gasteiger partial charge on any atom is -0.508 e. The molecule has 0 spiro atoms. The molecule has 2 N–H and O–H groups in total. The molecule has 0 aliphatic carbocycles. The normalized spacial score (nSPS) is 23.1. The number of aliphatic carboxylic acids is 1. The summed E-state index contributed by atoms with van der Waals surface area (Å²) in [5.41, 5.74) is 0.787. The average molecular weight is 284 g/mol. The summed E-state index contributed by atoms with van der Waals surface area (Å²) >= 11 is 0. The van der Waals surface area contributed by atoms with Crippen molar-refractivity contribution in [3.05, 3.63) is 29.8 Å². The summed E-state index contributed by atoms with van der Waals surface area (Å²) in [6.07, 6.45) is 0.702. The second-order valence-electron chi connectivity index (χ2n) is 4.98. The fourth-order valence-corrected chi connectivity index (χ4v) is 4.36. The van der Waals surface area contributed by atoms with Gasteiger partial charge in [-0.1, -0.05) is 12.1 Å². The molecule has 104 valence electrons. The highest BCUT2D eigenvalue weighted by atomic mass is 32.2. The first kappa shape index (κ1) is 13.9. The minimum absolute atomic E-state index is 0.0396. The fraction of sp³-hybridized carbons (Fsp3) is 0.462. The van der Waals surface area contributed by atoms with Crippen LogP contribution in [-0.4, -0.2) is 36.1 Å². The van der Waals surface area contributed by atoms with Crippen LogP contribution in [0.25, 0.3) is 0 Å². The van der Waals surface area contributed by atoms with Crippen molar-refractivity contribution >= 4 is 15.8 Å². The largest absolute Gasteiger partial charge is 0.508 e. The van der Waals surface area contributed by atoms with E-state index in [0.717, 1.165) is 5.56 Å². The van der Waals surface area contributed by atoms with Crippen LogP contribution in [0, 0.1) is 11.8 Å². The monoisotopic (exact) mass is 284 g/mol. The van der Waals surface area contributed by atoms with Crippen LogP contribution in [0.4, 0.5) is 0 Å². The molecule has 2 atom stereocenters. The Kier molecular flexibility index (Phi) is 3.80. The molecule has 2 unspecified atom stereocenters. The Morgan fingerprint density at radius 1 is 1.32 bits per heavy atom. The number of carboxylic acids is 1. The first-order valence-electron chi connectivity index (χ1n) is 6.08. The molecule has 1 aromatic carbocycles. The highest BCUT2D eigenvalue weighted by Gasteiger charge is 2.37. The topological polar surface area (TPSA) is 91.7 Å². The van der Waals surface area contributed by atoms with Gasteiger partial charge in [0.2, 0.25) is 0 Å². The summed E-state index contributed by atoms with van der Waals surface area (Å²) in [6.45, 7) is 0. The first-order chi connectivity index (χ1) is 8.87. The zero-order chi connectivity index (χ0) is 14.0. The van der Waals surface area contributed by atoms with Crippen molar-refractivity contribution in [1.29, 1.82) is 0 Å². The maximum atomic E-state index is 11.4. The van der Waals surface area contributed by atoms with E-state index < -0.39 is 21.7 Å². The molecule has 1 aliphatic heterocycles. The highest BCUT2D eigenvalue weighted by molar-refractivity contribution is 7.91. The molecule has 5 nitrogen and oxygen atoms in total. The van der Waals surface area contributed by atoms with E-state index in [4.69, 9.17) is 0 Å². The minimum atomic E-state index is -3.08. The van der Waals surface area contributed by atoms with Gasteiger partial charge in [-0.25, -0.2) is 8.42 Å². The molecule has 19 heavy (non-hydrogen) atoms. The number of benzene rings is 1. The maximum absolute atomic E-state index is 11.4. The highest BCUT2D eigenvalue weighted by Crippen LogP contribution is 2.29. The number of rotatable bonds is 4. The number of phenols is 1. The Balaban J connectivity index is 2.13. The molecule has 2 rings (SSSR count). The number of phenolic OH excluding ortho intramolecular Hbond substituents is 1. The molecular weight excluding hydrogens is 268 g/mol. The van der Waals surface area contributed by atoms with Crippen molar-refractivity contribution in [2.24, 2.45) is 11.8 Å². The Labute approximate surface area is 111 Å². The van der Waals surface area contributed by atoms with Crippen LogP contribution in [0.15, 0.2) is 24.3 Å². The zero-order valence-corrected chi connectivity index (χ0v) is 11.1. The molecule has 0 bridgehead atoms. The van der Waals surface area contributed by atoms with E-state index in [9.17, 15) is 23.4 Å². The molecule has 0 saturated carbocycles. The van der Waals surface area contributed by atoms with Crippen LogP contribution >= 0.6 is 0 Å². The van der Waals surface area contributed by atoms with Crippen LogP contribution in [0.2, 0.25) is 0 Å². The van der Waals surface area contributed by atoms with Crippen LogP contribution in [0.3, 0.4) is 0 Å². The molecular formula is C13H16O5S. The summed E-state index contributed by atoms with van der Waals surface area (Å²) < 4.78 is 22.9. The zero-order valence-electron chi connectivity index (χ0n) is 10.3. The number of sulfone groups is 1. The van der Waals surface area contributed by atoms with E-state index in [1.165, 1.54) is 12.1 Å². The molecule has 0 radical (unpaired) electrons. The molecule has 1 aromatic rings. The van der Waals surface area contributed by atoms with E-state index >= 15 is 0 Å². The standard InChI is InChI=1S/C13H16O5S/c14-11-3-1-9(2-4-11)7-12(13(15)16)10-5-6-19(17,18)8-10/h1-4,10,12,14H,5-8H2,(H,15,16). The lowest BCUT2D eigenvalue weighted by molar-refractivity contribution is -0.143. The smallest absolute Gasteiger partial charge is 0.307 e. The molecule has 6 heteroatoms. The van der Waals surface area contributed by atoms with Gasteiger partial charge in [-0.05, 0) is 36.5 Å². The number of aromatic hydroxyl groups is 1. The van der Waals surface area contributed by atoms with Gasteiger partial charge in [0.25, 0.3) is 0 Å². The lowest BCUT2D eigenvalue weighted by Crippen LogP contribution is -2.26. The second kappa shape index (κ2) is 5.21. The summed E-state index contributed by atoms with van der Waals surface area (Å²) in [5, 5.41) is 18.5. The van der Waals surface area contributed by atoms with Gasteiger partial charge in [0, 0.05) is 0 Å². The summed E-state index contributed by atoms with van der Waals surface area (Å²) in [5.74, 6) is -1.81. The van der Waals surface area contributed by atoms with Crippen molar-refractivity contribution in [3.63, 3.8) is 0 Å². The Hall–Kier alpha value is -1.56. The first-order valence-corrected chi connectivity index (χ1v) is 7.91. The van der Waals surface area contributed by atoms with Gasteiger partial charge in [-0.2, -0.15) is 0 Å². The molecule has 1 aliphatic rings. The fourth-order valence-electron chi connectivity index (χ4n) is 2.48. The summed E-state index contributed by atoms with van der Waals surface area (Å²) in [7, 11) is -3.08. The third-order valence-electron chi connectivity index (χ3n) is 3.55. The van der Waals surface area contributed by atoms with E-state index in [2.05, 4.69) is 0 Å². The van der Waals surface area contributed by atoms with Crippen molar-refractivity contribution < 1.29 is 23.4 Å². The Morgan fingerprint density at radius 3 is 2.42 bits per heavy atom. The average Bonchev–Trinajstić information content (AvgIpc) is 2.68. The van der Waals surface area contributed by atoms with Gasteiger partial charge in [0.15, 0.2) is 9.84 Å². The van der Waals surface area contributed by atoms with Gasteiger partial charge in [-0.3, -0.25) is 4.79 Å². The van der Waals surface area contributed by atoms with E-state index in [1.54, 1.807) is 12.1 Å². The van der Waals surface area contributed by atoms with Crippen LogP contribution in [0.5, 0.6) is 5.75 Å². The third kappa shape index (κ3) is 3.47. The van der Waals surface area contributed by atoms with Crippen molar-refractivity contribution in [2.75, 3.05) is 11.5 Å². The van der Waals surface area contributed by atoms with Crippen molar-refractivity contribution in [1.82, 2.24) is 0 Å². The number of hydrogen-bond acceptors (Lipinski definition) is 4. The molecule has 1 saturated heterocycles. The van der Waals surface area contributed by atoms with E-state index in [0.29, 0.717) is 6.42 Å². The predicted molar refractivity (Wildman–Crippen MR) is 69.7 cm³/mol. The number of carbonyl (C=O) groups is 1. The Morgan fingerprint density at radius 2 is 1.95 bits per heavy atom. The maximum Gasteiger partial charge on any atom is 0.307 e. The second-order valence-corrected chi connectivity index (χ2v) is 7.21. The van der Waals surface area contributed by atoms with Gasteiger partial charge < -0.3 is 10.2 Å². The lowest BCUT2D eigenvalue weighted by Gasteiger charge is -2.18. The summed E-state index contributed by atoms with van der Waals surface area (Å²) in [6, 6.07) is 6.32. The van der Waals surface area contributed by atoms with Crippen LogP contribution in [-0.2, 0) is 21.1 Å². The van der Waals surface area contributed by atoms with E-state index in [1.807, 2.05) is 0 Å². The van der Waals surface area contributed by atoms with Gasteiger partial charge in [-0.15, -0.1) is 0 Å². The summed E-state index contributed by atoms with van der Waals surface area (Å²) in [4.78, 5) is 11.3. The molecule has 0 amide bonds. The van der Waals surface area contributed by atoms with Crippen LogP contribution in [0.1, 0.15) is 12.0 Å². The van der Waals surface area contributed by atoms with Gasteiger partial charge in [0.05, 0.1) is 17.4 Å². The SMILES string of the molecule is O=C(O)C(Cc1ccc(O)cc1)C1CCS(=O)(=O)C1. The number of hydrogen-bond donors (Lipinski definition) is 2. The lowest BCUT2D eigenvalue weighted by atomic mass is 9.86. The van der Waals surface area contributed by atoms with Gasteiger partial charge >= 0.3 is 5.97 Å². The molecule has 0 aromatic heterocycles. The van der Waals surface area contributed by atoms with Gasteiger partial charge in [0.1, 0.15) is 5.75 Å². The quantitative estimate of drug-likeness (QED) is 0.863. The van der Waals surface area contributed by atoms with Crippen LogP contribution < -0.4 is 0 Å². The third-order valence-corrected chi connectivity index (χ3v) is 5.34. The van der Waals surface area contributed by atoms with Crippen molar-refractivity contribution in [3.8, 4) is 5.75 Å². The molecule has 1 fully saturated rings.